The fourth-order valence-corrected chi connectivity index (χ4v) is 6.84. The summed E-state index contributed by atoms with van der Waals surface area (Å²) >= 11 is 0. The summed E-state index contributed by atoms with van der Waals surface area (Å²) in [7, 11) is -3.38. The molecule has 2 aliphatic rings. The Hall–Kier alpha value is -2.25. The lowest BCUT2D eigenvalue weighted by Crippen LogP contribution is -2.62. The Labute approximate surface area is 178 Å². The van der Waals surface area contributed by atoms with E-state index in [1.807, 2.05) is 48.7 Å². The van der Waals surface area contributed by atoms with E-state index in [1.165, 1.54) is 0 Å². The summed E-state index contributed by atoms with van der Waals surface area (Å²) in [4.78, 5) is 17.5. The zero-order valence-corrected chi connectivity index (χ0v) is 18.0. The Morgan fingerprint density at radius 1 is 1.10 bits per heavy atom. The van der Waals surface area contributed by atoms with Crippen LogP contribution in [0.15, 0.2) is 54.9 Å². The molecule has 2 heterocycles. The van der Waals surface area contributed by atoms with Gasteiger partial charge in [0.2, 0.25) is 15.9 Å². The molecule has 1 saturated carbocycles. The molecule has 4 rings (SSSR count). The van der Waals surface area contributed by atoms with Crippen molar-refractivity contribution < 1.29 is 13.2 Å². The first kappa shape index (κ1) is 21.0. The second kappa shape index (κ2) is 8.86. The lowest BCUT2D eigenvalue weighted by atomic mass is 9.67. The van der Waals surface area contributed by atoms with E-state index < -0.39 is 15.4 Å². The van der Waals surface area contributed by atoms with Crippen LogP contribution in [0.4, 0.5) is 0 Å². The highest BCUT2D eigenvalue weighted by molar-refractivity contribution is 7.89. The zero-order chi connectivity index (χ0) is 21.0. The Bertz CT molecular complexity index is 966. The molecule has 160 valence electrons. The molecule has 0 radical (unpaired) electrons. The third-order valence-corrected chi connectivity index (χ3v) is 8.37. The van der Waals surface area contributed by atoms with Crippen molar-refractivity contribution in [3.05, 3.63) is 66.0 Å². The van der Waals surface area contributed by atoms with Gasteiger partial charge in [-0.05, 0) is 42.9 Å². The molecular formula is C23H29N3O3S. The van der Waals surface area contributed by atoms with E-state index in [1.54, 1.807) is 10.5 Å². The summed E-state index contributed by atoms with van der Waals surface area (Å²) < 4.78 is 27.6. The number of benzene rings is 1. The Morgan fingerprint density at radius 3 is 2.67 bits per heavy atom. The number of nitrogens with zero attached hydrogens (tertiary/aromatic N) is 2. The van der Waals surface area contributed by atoms with Gasteiger partial charge in [0.05, 0.1) is 11.2 Å². The average molecular weight is 428 g/mol. The summed E-state index contributed by atoms with van der Waals surface area (Å²) in [6, 6.07) is 13.3. The van der Waals surface area contributed by atoms with Crippen molar-refractivity contribution in [3.8, 4) is 0 Å². The quantitative estimate of drug-likeness (QED) is 0.769. The van der Waals surface area contributed by atoms with Gasteiger partial charge in [-0.2, -0.15) is 4.31 Å². The van der Waals surface area contributed by atoms with Crippen LogP contribution in [0.3, 0.4) is 0 Å². The van der Waals surface area contributed by atoms with Crippen LogP contribution < -0.4 is 5.32 Å². The van der Waals surface area contributed by atoms with Gasteiger partial charge in [0.15, 0.2) is 0 Å². The summed E-state index contributed by atoms with van der Waals surface area (Å²) in [5, 5.41) is 3.11. The van der Waals surface area contributed by atoms with E-state index in [0.29, 0.717) is 25.9 Å². The third kappa shape index (κ3) is 4.27. The standard InChI is InChI=1S/C23H29N3O3S/c27-22(25-15-11-19-9-6-14-24-17-19)23-12-5-4-10-21(23)26(30(28,29)16-13-23)18-20-7-2-1-3-8-20/h1-3,6-9,14,17,21H,4-5,10-13,15-16,18H2,(H,25,27)/t21-,23-/m1/s1. The highest BCUT2D eigenvalue weighted by Crippen LogP contribution is 2.47. The lowest BCUT2D eigenvalue weighted by Gasteiger charge is -2.50. The van der Waals surface area contributed by atoms with Crippen molar-refractivity contribution in [2.45, 2.75) is 51.1 Å². The second-order valence-corrected chi connectivity index (χ2v) is 10.4. The smallest absolute Gasteiger partial charge is 0.227 e. The summed E-state index contributed by atoms with van der Waals surface area (Å²) in [5.41, 5.74) is 1.40. The Kier molecular flexibility index (Phi) is 6.20. The molecule has 30 heavy (non-hydrogen) atoms. The summed E-state index contributed by atoms with van der Waals surface area (Å²) in [5.74, 6) is 0.0378. The minimum absolute atomic E-state index is 0.00375. The highest BCUT2D eigenvalue weighted by atomic mass is 32.2. The molecule has 2 atom stereocenters. The van der Waals surface area contributed by atoms with Gasteiger partial charge in [-0.25, -0.2) is 8.42 Å². The number of pyridine rings is 1. The molecule has 1 aromatic carbocycles. The number of rotatable bonds is 6. The van der Waals surface area contributed by atoms with Crippen LogP contribution >= 0.6 is 0 Å². The van der Waals surface area contributed by atoms with Gasteiger partial charge in [-0.3, -0.25) is 9.78 Å². The van der Waals surface area contributed by atoms with Gasteiger partial charge in [-0.1, -0.05) is 49.2 Å². The monoisotopic (exact) mass is 427 g/mol. The van der Waals surface area contributed by atoms with Crippen LogP contribution in [0, 0.1) is 5.41 Å². The van der Waals surface area contributed by atoms with Crippen molar-refractivity contribution in [1.29, 1.82) is 0 Å². The number of carbonyl (C=O) groups excluding carboxylic acids is 1. The number of nitrogens with one attached hydrogen (secondary N) is 1. The fourth-order valence-electron chi connectivity index (χ4n) is 4.95. The maximum Gasteiger partial charge on any atom is 0.227 e. The first-order valence-corrected chi connectivity index (χ1v) is 12.3. The number of aromatic nitrogens is 1. The summed E-state index contributed by atoms with van der Waals surface area (Å²) in [6.07, 6.45) is 8.07. The van der Waals surface area contributed by atoms with E-state index in [9.17, 15) is 13.2 Å². The third-order valence-electron chi connectivity index (χ3n) is 6.55. The van der Waals surface area contributed by atoms with Crippen LogP contribution in [0.2, 0.25) is 0 Å². The highest BCUT2D eigenvalue weighted by Gasteiger charge is 2.55. The Balaban J connectivity index is 1.53. The largest absolute Gasteiger partial charge is 0.355 e. The second-order valence-electron chi connectivity index (χ2n) is 8.38. The van der Waals surface area contributed by atoms with Gasteiger partial charge in [-0.15, -0.1) is 0 Å². The maximum absolute atomic E-state index is 13.4. The van der Waals surface area contributed by atoms with Crippen LogP contribution in [-0.4, -0.2) is 42.0 Å². The van der Waals surface area contributed by atoms with Crippen LogP contribution in [-0.2, 0) is 27.8 Å². The molecule has 2 fully saturated rings. The van der Waals surface area contributed by atoms with E-state index in [4.69, 9.17) is 0 Å². The number of hydrogen-bond donors (Lipinski definition) is 1. The zero-order valence-electron chi connectivity index (χ0n) is 17.2. The predicted molar refractivity (Wildman–Crippen MR) is 116 cm³/mol. The average Bonchev–Trinajstić information content (AvgIpc) is 2.77. The molecule has 0 spiro atoms. The molecule has 2 aromatic rings. The minimum Gasteiger partial charge on any atom is -0.355 e. The van der Waals surface area contributed by atoms with Crippen LogP contribution in [0.5, 0.6) is 0 Å². The molecule has 1 amide bonds. The number of carbonyl (C=O) groups is 1. The van der Waals surface area contributed by atoms with Crippen molar-refractivity contribution in [2.24, 2.45) is 5.41 Å². The molecule has 7 heteroatoms. The van der Waals surface area contributed by atoms with Crippen molar-refractivity contribution in [2.75, 3.05) is 12.3 Å². The first-order chi connectivity index (χ1) is 14.5. The molecule has 1 aliphatic heterocycles. The number of sulfonamides is 1. The molecule has 1 aromatic heterocycles. The van der Waals surface area contributed by atoms with Gasteiger partial charge < -0.3 is 5.32 Å². The van der Waals surface area contributed by atoms with Crippen LogP contribution in [0.1, 0.15) is 43.2 Å². The van der Waals surface area contributed by atoms with E-state index >= 15 is 0 Å². The minimum atomic E-state index is -3.38. The van der Waals surface area contributed by atoms with Gasteiger partial charge in [0.25, 0.3) is 0 Å². The maximum atomic E-state index is 13.4. The predicted octanol–water partition coefficient (Wildman–Crippen LogP) is 2.91. The SMILES string of the molecule is O=C(NCCc1cccnc1)[C@@]12CCCC[C@H]1N(Cc1ccccc1)S(=O)(=O)CC2. The van der Waals surface area contributed by atoms with Crippen molar-refractivity contribution in [1.82, 2.24) is 14.6 Å². The summed E-state index contributed by atoms with van der Waals surface area (Å²) in [6.45, 7) is 0.864. The first-order valence-electron chi connectivity index (χ1n) is 10.7. The van der Waals surface area contributed by atoms with Crippen molar-refractivity contribution in [3.63, 3.8) is 0 Å². The number of hydrogen-bond acceptors (Lipinski definition) is 4. The van der Waals surface area contributed by atoms with Gasteiger partial charge in [0.1, 0.15) is 0 Å². The van der Waals surface area contributed by atoms with Crippen LogP contribution in [0.25, 0.3) is 0 Å². The van der Waals surface area contributed by atoms with E-state index in [2.05, 4.69) is 10.3 Å². The van der Waals surface area contributed by atoms with Gasteiger partial charge in [0, 0.05) is 31.5 Å². The van der Waals surface area contributed by atoms with E-state index in [-0.39, 0.29) is 17.7 Å². The topological polar surface area (TPSA) is 79.4 Å². The molecular weight excluding hydrogens is 398 g/mol. The molecule has 0 bridgehead atoms. The molecule has 0 unspecified atom stereocenters. The fraction of sp³-hybridized carbons (Fsp3) is 0.478. The van der Waals surface area contributed by atoms with E-state index in [0.717, 1.165) is 36.8 Å². The lowest BCUT2D eigenvalue weighted by molar-refractivity contribution is -0.137. The number of amides is 1. The Morgan fingerprint density at radius 2 is 1.90 bits per heavy atom. The molecule has 1 saturated heterocycles. The number of fused-ring (bicyclic) bond motifs is 1. The van der Waals surface area contributed by atoms with Crippen molar-refractivity contribution >= 4 is 15.9 Å². The normalized spacial score (nSPS) is 25.9. The van der Waals surface area contributed by atoms with Gasteiger partial charge >= 0.3 is 0 Å². The molecule has 6 nitrogen and oxygen atoms in total. The molecule has 1 aliphatic carbocycles. The molecule has 1 N–H and O–H groups in total.